The average molecular weight is 296 g/mol. The lowest BCUT2D eigenvalue weighted by atomic mass is 10.3. The Labute approximate surface area is 118 Å². The molecular formula is C12H16N4O3S. The fourth-order valence-corrected chi connectivity index (χ4v) is 2.54. The van der Waals surface area contributed by atoms with Crippen molar-refractivity contribution in [1.82, 2.24) is 15.3 Å². The van der Waals surface area contributed by atoms with Gasteiger partial charge in [0.1, 0.15) is 5.75 Å². The smallest absolute Gasteiger partial charge is 0.233 e. The molecular weight excluding hydrogens is 280 g/mol. The minimum absolute atomic E-state index is 0.140. The van der Waals surface area contributed by atoms with Crippen molar-refractivity contribution < 1.29 is 13.7 Å². The highest BCUT2D eigenvalue weighted by Crippen LogP contribution is 2.16. The second kappa shape index (κ2) is 6.49. The number of ether oxygens (including phenoxy) is 1. The summed E-state index contributed by atoms with van der Waals surface area (Å²) < 4.78 is 16.8. The number of nitrogens with two attached hydrogens (primary N) is 1. The number of anilines is 1. The van der Waals surface area contributed by atoms with Crippen LogP contribution in [0.15, 0.2) is 23.4 Å². The molecule has 0 saturated heterocycles. The highest BCUT2D eigenvalue weighted by Gasteiger charge is 2.14. The van der Waals surface area contributed by atoms with Gasteiger partial charge in [0.25, 0.3) is 0 Å². The lowest BCUT2D eigenvalue weighted by molar-refractivity contribution is -0.118. The van der Waals surface area contributed by atoms with E-state index in [1.54, 1.807) is 25.3 Å². The zero-order chi connectivity index (χ0) is 14.5. The van der Waals surface area contributed by atoms with Crippen LogP contribution in [-0.4, -0.2) is 46.1 Å². The second-order valence-corrected chi connectivity index (χ2v) is 5.52. The number of benzene rings is 1. The van der Waals surface area contributed by atoms with Crippen LogP contribution in [0.3, 0.4) is 0 Å². The van der Waals surface area contributed by atoms with Crippen molar-refractivity contribution in [3.63, 3.8) is 0 Å². The average Bonchev–Trinajstić information content (AvgIpc) is 2.82. The summed E-state index contributed by atoms with van der Waals surface area (Å²) in [6.07, 6.45) is 0. The van der Waals surface area contributed by atoms with Crippen molar-refractivity contribution >= 4 is 33.4 Å². The third kappa shape index (κ3) is 3.55. The Morgan fingerprint density at radius 1 is 1.55 bits per heavy atom. The normalized spacial score (nSPS) is 12.4. The van der Waals surface area contributed by atoms with E-state index in [1.165, 1.54) is 0 Å². The zero-order valence-corrected chi connectivity index (χ0v) is 11.8. The second-order valence-electron chi connectivity index (χ2n) is 4.15. The van der Waals surface area contributed by atoms with Crippen LogP contribution in [0.25, 0.3) is 11.0 Å². The van der Waals surface area contributed by atoms with Crippen molar-refractivity contribution in [3.8, 4) is 0 Å². The number of hydrogen-bond donors (Lipinski definition) is 3. The largest absolute Gasteiger partial charge is 0.399 e. The van der Waals surface area contributed by atoms with Crippen LogP contribution in [0.4, 0.5) is 5.69 Å². The summed E-state index contributed by atoms with van der Waals surface area (Å²) in [7, 11) is 0.0275. The molecule has 20 heavy (non-hydrogen) atoms. The maximum Gasteiger partial charge on any atom is 0.233 e. The highest BCUT2D eigenvalue weighted by atomic mass is 32.2. The van der Waals surface area contributed by atoms with Crippen molar-refractivity contribution in [3.05, 3.63) is 18.2 Å². The third-order valence-electron chi connectivity index (χ3n) is 2.59. The molecule has 1 aromatic carbocycles. The number of aromatic nitrogens is 2. The van der Waals surface area contributed by atoms with Crippen molar-refractivity contribution in [2.45, 2.75) is 5.16 Å². The number of aromatic amines is 1. The molecule has 0 aliphatic heterocycles. The van der Waals surface area contributed by atoms with Gasteiger partial charge < -0.3 is 20.8 Å². The van der Waals surface area contributed by atoms with Gasteiger partial charge in [-0.15, -0.1) is 0 Å². The number of imidazole rings is 1. The minimum Gasteiger partial charge on any atom is -0.399 e. The third-order valence-corrected chi connectivity index (χ3v) is 3.74. The molecule has 0 fully saturated rings. The van der Waals surface area contributed by atoms with Crippen LogP contribution in [0, 0.1) is 0 Å². The first-order valence-corrected chi connectivity index (χ1v) is 7.31. The van der Waals surface area contributed by atoms with Gasteiger partial charge in [0.15, 0.2) is 5.16 Å². The molecule has 1 atom stereocenters. The Morgan fingerprint density at radius 2 is 2.35 bits per heavy atom. The van der Waals surface area contributed by atoms with Gasteiger partial charge in [-0.3, -0.25) is 9.00 Å². The number of hydrogen-bond acceptors (Lipinski definition) is 5. The number of amides is 1. The molecule has 8 heteroatoms. The standard InChI is InChI=1S/C12H16N4O3S/c1-19-5-4-14-11(17)7-20(18)12-15-9-3-2-8(13)6-10(9)16-12/h2-3,6H,4-5,7,13H2,1H3,(H,14,17)(H,15,16). The molecule has 0 radical (unpaired) electrons. The van der Waals surface area contributed by atoms with Crippen LogP contribution >= 0.6 is 0 Å². The van der Waals surface area contributed by atoms with E-state index in [9.17, 15) is 9.00 Å². The molecule has 1 aromatic heterocycles. The first kappa shape index (κ1) is 14.5. The number of carbonyl (C=O) groups is 1. The molecule has 108 valence electrons. The predicted molar refractivity (Wildman–Crippen MR) is 76.7 cm³/mol. The number of nitrogens with one attached hydrogen (secondary N) is 2. The SMILES string of the molecule is COCCNC(=O)CS(=O)c1nc2ccc(N)cc2[nH]1. The number of nitrogens with zero attached hydrogens (tertiary/aromatic N) is 1. The summed E-state index contributed by atoms with van der Waals surface area (Å²) in [5.41, 5.74) is 7.62. The van der Waals surface area contributed by atoms with Gasteiger partial charge in [-0.25, -0.2) is 4.98 Å². The van der Waals surface area contributed by atoms with Crippen LogP contribution in [0.2, 0.25) is 0 Å². The van der Waals surface area contributed by atoms with Crippen molar-refractivity contribution in [2.24, 2.45) is 0 Å². The zero-order valence-electron chi connectivity index (χ0n) is 11.0. The predicted octanol–water partition coefficient (Wildman–Crippen LogP) is 0.0153. The number of nitrogen functional groups attached to an aromatic ring is 1. The van der Waals surface area contributed by atoms with E-state index in [0.29, 0.717) is 29.9 Å². The topological polar surface area (TPSA) is 110 Å². The molecule has 2 aromatic rings. The Kier molecular flexibility index (Phi) is 4.70. The summed E-state index contributed by atoms with van der Waals surface area (Å²) in [6.45, 7) is 0.811. The molecule has 2 rings (SSSR count). The first-order chi connectivity index (χ1) is 9.60. The molecule has 0 aliphatic rings. The molecule has 0 aliphatic carbocycles. The highest BCUT2D eigenvalue weighted by molar-refractivity contribution is 7.85. The molecule has 0 saturated carbocycles. The van der Waals surface area contributed by atoms with Crippen LogP contribution in [0.5, 0.6) is 0 Å². The van der Waals surface area contributed by atoms with Crippen molar-refractivity contribution in [1.29, 1.82) is 0 Å². The molecule has 1 unspecified atom stereocenters. The van der Waals surface area contributed by atoms with Gasteiger partial charge in [-0.1, -0.05) is 0 Å². The first-order valence-electron chi connectivity index (χ1n) is 5.99. The van der Waals surface area contributed by atoms with E-state index < -0.39 is 10.8 Å². The van der Waals surface area contributed by atoms with Gasteiger partial charge in [-0.05, 0) is 18.2 Å². The maximum absolute atomic E-state index is 12.0. The summed E-state index contributed by atoms with van der Waals surface area (Å²) in [5, 5.41) is 2.88. The van der Waals surface area contributed by atoms with Crippen LogP contribution < -0.4 is 11.1 Å². The van der Waals surface area contributed by atoms with E-state index >= 15 is 0 Å². The van der Waals surface area contributed by atoms with E-state index in [0.717, 1.165) is 0 Å². The molecule has 0 spiro atoms. The minimum atomic E-state index is -1.52. The fraction of sp³-hybridized carbons (Fsp3) is 0.333. The number of carbonyl (C=O) groups excluding carboxylic acids is 1. The van der Waals surface area contributed by atoms with E-state index in [1.807, 2.05) is 0 Å². The van der Waals surface area contributed by atoms with Gasteiger partial charge in [0.2, 0.25) is 5.91 Å². The fourth-order valence-electron chi connectivity index (χ4n) is 1.64. The van der Waals surface area contributed by atoms with Gasteiger partial charge in [0, 0.05) is 19.3 Å². The Hall–Kier alpha value is -1.93. The summed E-state index contributed by atoms with van der Waals surface area (Å²) in [5.74, 6) is -0.445. The molecule has 0 bridgehead atoms. The summed E-state index contributed by atoms with van der Waals surface area (Å²) >= 11 is 0. The lowest BCUT2D eigenvalue weighted by Gasteiger charge is -2.02. The number of fused-ring (bicyclic) bond motifs is 1. The summed E-state index contributed by atoms with van der Waals surface area (Å²) in [6, 6.07) is 5.16. The van der Waals surface area contributed by atoms with Gasteiger partial charge in [-0.2, -0.15) is 0 Å². The van der Waals surface area contributed by atoms with Gasteiger partial charge >= 0.3 is 0 Å². The Bertz CT molecular complexity index is 641. The maximum atomic E-state index is 12.0. The molecule has 7 nitrogen and oxygen atoms in total. The summed E-state index contributed by atoms with van der Waals surface area (Å²) in [4.78, 5) is 18.6. The quantitative estimate of drug-likeness (QED) is 0.514. The molecule has 1 amide bonds. The Morgan fingerprint density at radius 3 is 3.10 bits per heavy atom. The number of H-pyrrole nitrogens is 1. The lowest BCUT2D eigenvalue weighted by Crippen LogP contribution is -2.31. The van der Waals surface area contributed by atoms with Crippen LogP contribution in [-0.2, 0) is 20.3 Å². The van der Waals surface area contributed by atoms with E-state index in [2.05, 4.69) is 15.3 Å². The Balaban J connectivity index is 2.02. The number of methoxy groups -OCH3 is 1. The molecule has 1 heterocycles. The van der Waals surface area contributed by atoms with E-state index in [-0.39, 0.29) is 16.8 Å². The van der Waals surface area contributed by atoms with Gasteiger partial charge in [0.05, 0.1) is 28.4 Å². The molecule has 4 N–H and O–H groups in total. The van der Waals surface area contributed by atoms with E-state index in [4.69, 9.17) is 10.5 Å². The van der Waals surface area contributed by atoms with Crippen LogP contribution in [0.1, 0.15) is 0 Å². The monoisotopic (exact) mass is 296 g/mol. The van der Waals surface area contributed by atoms with Crippen molar-refractivity contribution in [2.75, 3.05) is 31.7 Å². The number of rotatable bonds is 6.